The van der Waals surface area contributed by atoms with Crippen LogP contribution in [0.15, 0.2) is 0 Å². The Balaban J connectivity index is 1.85. The minimum Gasteiger partial charge on any atom is -0.469 e. The zero-order chi connectivity index (χ0) is 20.0. The van der Waals surface area contributed by atoms with Crippen molar-refractivity contribution in [1.82, 2.24) is 15.1 Å². The zero-order valence-electron chi connectivity index (χ0n) is 15.8. The molecule has 0 aliphatic carbocycles. The number of guanidine groups is 1. The van der Waals surface area contributed by atoms with Crippen molar-refractivity contribution < 1.29 is 19.1 Å². The summed E-state index contributed by atoms with van der Waals surface area (Å²) in [7, 11) is 1.26. The molecule has 0 bridgehead atoms. The van der Waals surface area contributed by atoms with Crippen molar-refractivity contribution in [1.29, 1.82) is 5.41 Å². The number of hydrogen-bond donors (Lipinski definition) is 4. The van der Waals surface area contributed by atoms with Gasteiger partial charge in [0.1, 0.15) is 0 Å². The fourth-order valence-electron chi connectivity index (χ4n) is 3.67. The molecule has 0 aromatic carbocycles. The largest absolute Gasteiger partial charge is 0.469 e. The van der Waals surface area contributed by atoms with Gasteiger partial charge in [-0.2, -0.15) is 0 Å². The molecule has 2 amide bonds. The van der Waals surface area contributed by atoms with Crippen LogP contribution in [0.1, 0.15) is 32.1 Å². The number of carbonyl (C=O) groups is 3. The Bertz CT molecular complexity index is 584. The molecule has 0 saturated carbocycles. The van der Waals surface area contributed by atoms with Gasteiger partial charge < -0.3 is 31.3 Å². The maximum Gasteiger partial charge on any atom is 0.307 e. The summed E-state index contributed by atoms with van der Waals surface area (Å²) in [6.07, 6.45) is 3.02. The smallest absolute Gasteiger partial charge is 0.307 e. The first-order valence-electron chi connectivity index (χ1n) is 9.33. The first-order valence-corrected chi connectivity index (χ1v) is 9.33. The van der Waals surface area contributed by atoms with Crippen LogP contribution in [-0.4, -0.2) is 78.9 Å². The summed E-state index contributed by atoms with van der Waals surface area (Å²) in [5.74, 6) is -1.13. The lowest BCUT2D eigenvalue weighted by atomic mass is 9.97. The van der Waals surface area contributed by atoms with E-state index in [0.29, 0.717) is 26.2 Å². The molecule has 2 heterocycles. The standard InChI is InChI=1S/C17H30N6O4/c1-27-14(24)8-13(18)16(26)23-7-3-5-12(23)9-21-15(25)11-4-2-6-22(10-11)17(19)20/h11-13H,2-10,18H2,1H3,(H3,19,20)(H,21,25)/t11-,12-,13-/m0/s1. The molecule has 0 aromatic rings. The Hall–Kier alpha value is -2.36. The molecule has 3 atom stereocenters. The van der Waals surface area contributed by atoms with Crippen LogP contribution >= 0.6 is 0 Å². The van der Waals surface area contributed by atoms with Gasteiger partial charge in [0.15, 0.2) is 5.96 Å². The van der Waals surface area contributed by atoms with Crippen molar-refractivity contribution in [3.8, 4) is 0 Å². The van der Waals surface area contributed by atoms with Crippen LogP contribution < -0.4 is 16.8 Å². The summed E-state index contributed by atoms with van der Waals surface area (Å²) >= 11 is 0. The Kier molecular flexibility index (Phi) is 7.40. The maximum absolute atomic E-state index is 12.5. The van der Waals surface area contributed by atoms with Gasteiger partial charge in [0.2, 0.25) is 11.8 Å². The fourth-order valence-corrected chi connectivity index (χ4v) is 3.67. The third-order valence-electron chi connectivity index (χ3n) is 5.24. The maximum atomic E-state index is 12.5. The first-order chi connectivity index (χ1) is 12.8. The van der Waals surface area contributed by atoms with Crippen molar-refractivity contribution >= 4 is 23.7 Å². The SMILES string of the molecule is COC(=O)C[C@H](N)C(=O)N1CCC[C@H]1CNC(=O)[C@H]1CCCN(C(=N)N)C1. The lowest BCUT2D eigenvalue weighted by Crippen LogP contribution is -2.52. The second-order valence-corrected chi connectivity index (χ2v) is 7.13. The summed E-state index contributed by atoms with van der Waals surface area (Å²) in [6, 6.07) is -1.06. The predicted octanol–water partition coefficient (Wildman–Crippen LogP) is -1.41. The summed E-state index contributed by atoms with van der Waals surface area (Å²) in [5.41, 5.74) is 11.4. The second kappa shape index (κ2) is 9.54. The minimum absolute atomic E-state index is 0.0142. The van der Waals surface area contributed by atoms with Gasteiger partial charge in [-0.15, -0.1) is 0 Å². The second-order valence-electron chi connectivity index (χ2n) is 7.13. The van der Waals surface area contributed by atoms with E-state index in [0.717, 1.165) is 25.7 Å². The van der Waals surface area contributed by atoms with Gasteiger partial charge >= 0.3 is 5.97 Å². The number of likely N-dealkylation sites (tertiary alicyclic amines) is 2. The van der Waals surface area contributed by atoms with Crippen molar-refractivity contribution in [2.45, 2.75) is 44.2 Å². The van der Waals surface area contributed by atoms with Gasteiger partial charge in [-0.1, -0.05) is 0 Å². The van der Waals surface area contributed by atoms with Gasteiger partial charge in [0.25, 0.3) is 0 Å². The molecule has 10 heteroatoms. The molecule has 0 spiro atoms. The Morgan fingerprint density at radius 1 is 1.26 bits per heavy atom. The molecule has 0 radical (unpaired) electrons. The highest BCUT2D eigenvalue weighted by molar-refractivity contribution is 5.87. The highest BCUT2D eigenvalue weighted by atomic mass is 16.5. The summed E-state index contributed by atoms with van der Waals surface area (Å²) in [5, 5.41) is 10.4. The van der Waals surface area contributed by atoms with E-state index in [4.69, 9.17) is 16.9 Å². The third-order valence-corrected chi connectivity index (χ3v) is 5.24. The number of carbonyl (C=O) groups excluding carboxylic acids is 3. The van der Waals surface area contributed by atoms with E-state index in [9.17, 15) is 14.4 Å². The van der Waals surface area contributed by atoms with Crippen LogP contribution in [-0.2, 0) is 19.1 Å². The topological polar surface area (TPSA) is 155 Å². The molecular weight excluding hydrogens is 352 g/mol. The van der Waals surface area contributed by atoms with Crippen molar-refractivity contribution in [2.75, 3.05) is 33.3 Å². The highest BCUT2D eigenvalue weighted by Gasteiger charge is 2.33. The Morgan fingerprint density at radius 2 is 1.96 bits per heavy atom. The Morgan fingerprint density at radius 3 is 2.63 bits per heavy atom. The lowest BCUT2D eigenvalue weighted by Gasteiger charge is -2.33. The molecular formula is C17H30N6O4. The van der Waals surface area contributed by atoms with E-state index >= 15 is 0 Å². The molecule has 0 unspecified atom stereocenters. The van der Waals surface area contributed by atoms with Crippen LogP contribution in [0.25, 0.3) is 0 Å². The number of esters is 1. The summed E-state index contributed by atoms with van der Waals surface area (Å²) in [6.45, 7) is 2.06. The van der Waals surface area contributed by atoms with Crippen LogP contribution in [0.3, 0.4) is 0 Å². The molecule has 27 heavy (non-hydrogen) atoms. The number of nitrogens with two attached hydrogens (primary N) is 2. The molecule has 152 valence electrons. The molecule has 2 aliphatic heterocycles. The van der Waals surface area contributed by atoms with E-state index < -0.39 is 12.0 Å². The van der Waals surface area contributed by atoms with E-state index in [1.54, 1.807) is 9.80 Å². The van der Waals surface area contributed by atoms with Gasteiger partial charge in [-0.25, -0.2) is 0 Å². The van der Waals surface area contributed by atoms with E-state index in [2.05, 4.69) is 10.1 Å². The molecule has 2 rings (SSSR count). The number of nitrogens with zero attached hydrogens (tertiary/aromatic N) is 2. The number of amides is 2. The van der Waals surface area contributed by atoms with Gasteiger partial charge in [0, 0.05) is 32.2 Å². The number of methoxy groups -OCH3 is 1. The van der Waals surface area contributed by atoms with E-state index in [1.807, 2.05) is 0 Å². The summed E-state index contributed by atoms with van der Waals surface area (Å²) in [4.78, 5) is 39.7. The van der Waals surface area contributed by atoms with Gasteiger partial charge in [-0.3, -0.25) is 19.8 Å². The monoisotopic (exact) mass is 382 g/mol. The van der Waals surface area contributed by atoms with Gasteiger partial charge in [-0.05, 0) is 25.7 Å². The highest BCUT2D eigenvalue weighted by Crippen LogP contribution is 2.19. The Labute approximate surface area is 159 Å². The fraction of sp³-hybridized carbons (Fsp3) is 0.765. The van der Waals surface area contributed by atoms with Crippen molar-refractivity contribution in [2.24, 2.45) is 17.4 Å². The first kappa shape index (κ1) is 20.9. The summed E-state index contributed by atoms with van der Waals surface area (Å²) < 4.78 is 4.56. The predicted molar refractivity (Wildman–Crippen MR) is 98.6 cm³/mol. The van der Waals surface area contributed by atoms with Gasteiger partial charge in [0.05, 0.1) is 25.5 Å². The van der Waals surface area contributed by atoms with Crippen LogP contribution in [0.4, 0.5) is 0 Å². The molecule has 2 aliphatic rings. The quantitative estimate of drug-likeness (QED) is 0.250. The van der Waals surface area contributed by atoms with Crippen LogP contribution in [0, 0.1) is 11.3 Å². The third kappa shape index (κ3) is 5.56. The average molecular weight is 382 g/mol. The average Bonchev–Trinajstić information content (AvgIpc) is 3.13. The number of ether oxygens (including phenoxy) is 1. The molecule has 10 nitrogen and oxygen atoms in total. The van der Waals surface area contributed by atoms with E-state index in [1.165, 1.54) is 7.11 Å². The van der Waals surface area contributed by atoms with Crippen molar-refractivity contribution in [3.63, 3.8) is 0 Å². The minimum atomic E-state index is -0.934. The normalized spacial score (nSPS) is 23.6. The number of hydrogen-bond acceptors (Lipinski definition) is 6. The van der Waals surface area contributed by atoms with E-state index in [-0.39, 0.29) is 36.2 Å². The molecule has 6 N–H and O–H groups in total. The molecule has 2 fully saturated rings. The molecule has 2 saturated heterocycles. The number of nitrogens with one attached hydrogen (secondary N) is 2. The van der Waals surface area contributed by atoms with Crippen molar-refractivity contribution in [3.05, 3.63) is 0 Å². The number of piperidine rings is 1. The lowest BCUT2D eigenvalue weighted by molar-refractivity contribution is -0.144. The van der Waals surface area contributed by atoms with Crippen LogP contribution in [0.2, 0.25) is 0 Å². The molecule has 0 aromatic heterocycles. The zero-order valence-corrected chi connectivity index (χ0v) is 15.8. The van der Waals surface area contributed by atoms with Crippen LogP contribution in [0.5, 0.6) is 0 Å². The number of rotatable bonds is 6.